The molecule has 1 N–H and O–H groups in total. The van der Waals surface area contributed by atoms with Crippen molar-refractivity contribution < 1.29 is 14.3 Å². The number of esters is 1. The van der Waals surface area contributed by atoms with Gasteiger partial charge in [-0.15, -0.1) is 0 Å². The fourth-order valence-corrected chi connectivity index (χ4v) is 2.74. The molecular formula is C19H19N3O3. The van der Waals surface area contributed by atoms with Gasteiger partial charge in [0.2, 0.25) is 5.91 Å². The van der Waals surface area contributed by atoms with Crippen LogP contribution in [0.3, 0.4) is 0 Å². The van der Waals surface area contributed by atoms with E-state index in [9.17, 15) is 9.59 Å². The van der Waals surface area contributed by atoms with Gasteiger partial charge in [0.15, 0.2) is 0 Å². The zero-order valence-electron chi connectivity index (χ0n) is 14.4. The van der Waals surface area contributed by atoms with Gasteiger partial charge in [0.1, 0.15) is 5.65 Å². The van der Waals surface area contributed by atoms with Gasteiger partial charge in [-0.1, -0.05) is 6.07 Å². The quantitative estimate of drug-likeness (QED) is 0.743. The van der Waals surface area contributed by atoms with Crippen LogP contribution in [0.25, 0.3) is 5.65 Å². The molecule has 0 unspecified atom stereocenters. The molecule has 6 nitrogen and oxygen atoms in total. The number of aromatic nitrogens is 2. The van der Waals surface area contributed by atoms with E-state index in [1.54, 1.807) is 24.3 Å². The number of nitrogens with zero attached hydrogens (tertiary/aromatic N) is 2. The number of fused-ring (bicyclic) bond motifs is 1. The number of hydrogen-bond acceptors (Lipinski definition) is 4. The lowest BCUT2D eigenvalue weighted by molar-refractivity contribution is -0.115. The summed E-state index contributed by atoms with van der Waals surface area (Å²) in [4.78, 5) is 28.4. The van der Waals surface area contributed by atoms with Crippen LogP contribution in [0.5, 0.6) is 0 Å². The molecule has 0 aliphatic heterocycles. The van der Waals surface area contributed by atoms with Crippen LogP contribution in [0.2, 0.25) is 0 Å². The van der Waals surface area contributed by atoms with Crippen LogP contribution in [0.4, 0.5) is 5.69 Å². The van der Waals surface area contributed by atoms with Crippen molar-refractivity contribution in [2.45, 2.75) is 20.3 Å². The first-order valence-corrected chi connectivity index (χ1v) is 7.91. The number of rotatable bonds is 4. The molecule has 0 saturated heterocycles. The number of carbonyl (C=O) groups is 2. The minimum Gasteiger partial charge on any atom is -0.465 e. The Balaban J connectivity index is 1.76. The minimum atomic E-state index is -0.408. The molecule has 2 aromatic heterocycles. The zero-order chi connectivity index (χ0) is 18.0. The maximum Gasteiger partial charge on any atom is 0.337 e. The van der Waals surface area contributed by atoms with Gasteiger partial charge in [-0.2, -0.15) is 0 Å². The van der Waals surface area contributed by atoms with Crippen molar-refractivity contribution in [3.63, 3.8) is 0 Å². The first kappa shape index (κ1) is 16.7. The molecule has 25 heavy (non-hydrogen) atoms. The van der Waals surface area contributed by atoms with E-state index in [1.807, 2.05) is 36.6 Å². The Morgan fingerprint density at radius 1 is 1.16 bits per heavy atom. The molecule has 128 valence electrons. The van der Waals surface area contributed by atoms with E-state index < -0.39 is 5.97 Å². The van der Waals surface area contributed by atoms with E-state index in [4.69, 9.17) is 0 Å². The van der Waals surface area contributed by atoms with Crippen molar-refractivity contribution in [3.8, 4) is 0 Å². The van der Waals surface area contributed by atoms with Gasteiger partial charge in [0.05, 0.1) is 30.5 Å². The largest absolute Gasteiger partial charge is 0.465 e. The summed E-state index contributed by atoms with van der Waals surface area (Å²) in [7, 11) is 1.33. The van der Waals surface area contributed by atoms with E-state index >= 15 is 0 Å². The van der Waals surface area contributed by atoms with Crippen molar-refractivity contribution in [1.82, 2.24) is 9.38 Å². The number of carbonyl (C=O) groups excluding carboxylic acids is 2. The van der Waals surface area contributed by atoms with Crippen molar-refractivity contribution >= 4 is 23.2 Å². The van der Waals surface area contributed by atoms with Crippen LogP contribution < -0.4 is 5.32 Å². The first-order valence-electron chi connectivity index (χ1n) is 7.91. The third-order valence-electron chi connectivity index (χ3n) is 4.06. The van der Waals surface area contributed by atoms with Crippen LogP contribution in [-0.4, -0.2) is 28.4 Å². The lowest BCUT2D eigenvalue weighted by atomic mass is 10.2. The summed E-state index contributed by atoms with van der Waals surface area (Å²) in [6, 6.07) is 10.5. The molecule has 3 rings (SSSR count). The molecule has 0 aliphatic rings. The molecule has 0 spiro atoms. The third kappa shape index (κ3) is 3.38. The summed E-state index contributed by atoms with van der Waals surface area (Å²) in [6.07, 6.45) is 2.13. The number of amides is 1. The van der Waals surface area contributed by atoms with Crippen molar-refractivity contribution in [1.29, 1.82) is 0 Å². The molecule has 2 heterocycles. The van der Waals surface area contributed by atoms with Gasteiger partial charge in [-0.05, 0) is 49.7 Å². The molecule has 1 amide bonds. The Bertz CT molecular complexity index is 942. The van der Waals surface area contributed by atoms with Crippen molar-refractivity contribution in [3.05, 3.63) is 65.1 Å². The molecule has 0 saturated carbocycles. The zero-order valence-corrected chi connectivity index (χ0v) is 14.4. The van der Waals surface area contributed by atoms with Gasteiger partial charge >= 0.3 is 5.97 Å². The Morgan fingerprint density at radius 2 is 1.88 bits per heavy atom. The second-order valence-electron chi connectivity index (χ2n) is 5.82. The van der Waals surface area contributed by atoms with E-state index in [-0.39, 0.29) is 12.3 Å². The van der Waals surface area contributed by atoms with Crippen molar-refractivity contribution in [2.75, 3.05) is 12.4 Å². The van der Waals surface area contributed by atoms with Crippen LogP contribution in [-0.2, 0) is 16.0 Å². The normalized spacial score (nSPS) is 10.7. The maximum atomic E-state index is 12.4. The van der Waals surface area contributed by atoms with E-state index in [1.165, 1.54) is 7.11 Å². The number of methoxy groups -OCH3 is 1. The van der Waals surface area contributed by atoms with Crippen molar-refractivity contribution in [2.24, 2.45) is 0 Å². The van der Waals surface area contributed by atoms with E-state index in [0.29, 0.717) is 11.3 Å². The minimum absolute atomic E-state index is 0.141. The number of imidazole rings is 1. The Morgan fingerprint density at radius 3 is 2.56 bits per heavy atom. The van der Waals surface area contributed by atoms with Gasteiger partial charge in [-0.25, -0.2) is 9.78 Å². The summed E-state index contributed by atoms with van der Waals surface area (Å²) in [5.74, 6) is -0.549. The molecular weight excluding hydrogens is 318 g/mol. The summed E-state index contributed by atoms with van der Waals surface area (Å²) in [5, 5.41) is 2.84. The van der Waals surface area contributed by atoms with Crippen LogP contribution in [0, 0.1) is 13.8 Å². The second kappa shape index (κ2) is 6.76. The highest BCUT2D eigenvalue weighted by Gasteiger charge is 2.14. The monoisotopic (exact) mass is 337 g/mol. The second-order valence-corrected chi connectivity index (χ2v) is 5.82. The maximum absolute atomic E-state index is 12.4. The predicted molar refractivity (Wildman–Crippen MR) is 94.8 cm³/mol. The number of anilines is 1. The molecule has 0 atom stereocenters. The lowest BCUT2D eigenvalue weighted by Crippen LogP contribution is -2.16. The summed E-state index contributed by atoms with van der Waals surface area (Å²) in [5.41, 5.74) is 4.70. The Hall–Kier alpha value is -3.15. The molecule has 0 bridgehead atoms. The number of hydrogen-bond donors (Lipinski definition) is 1. The number of aryl methyl sites for hydroxylation is 2. The van der Waals surface area contributed by atoms with E-state index in [2.05, 4.69) is 15.0 Å². The highest BCUT2D eigenvalue weighted by atomic mass is 16.5. The predicted octanol–water partition coefficient (Wildman–Crippen LogP) is 2.92. The number of nitrogens with one attached hydrogen (secondary N) is 1. The lowest BCUT2D eigenvalue weighted by Gasteiger charge is -2.07. The van der Waals surface area contributed by atoms with Gasteiger partial charge < -0.3 is 14.5 Å². The molecule has 0 aliphatic carbocycles. The smallest absolute Gasteiger partial charge is 0.337 e. The van der Waals surface area contributed by atoms with Gasteiger partial charge in [0.25, 0.3) is 0 Å². The third-order valence-corrected chi connectivity index (χ3v) is 4.06. The fourth-order valence-electron chi connectivity index (χ4n) is 2.74. The highest BCUT2D eigenvalue weighted by molar-refractivity contribution is 5.94. The molecule has 0 radical (unpaired) electrons. The Kier molecular flexibility index (Phi) is 4.52. The molecule has 0 fully saturated rings. The van der Waals surface area contributed by atoms with Gasteiger partial charge in [-0.3, -0.25) is 4.79 Å². The van der Waals surface area contributed by atoms with E-state index in [0.717, 1.165) is 22.6 Å². The topological polar surface area (TPSA) is 72.7 Å². The fraction of sp³-hybridized carbons (Fsp3) is 0.211. The average Bonchev–Trinajstić information content (AvgIpc) is 2.92. The standard InChI is InChI=1S/C19H19N3O3/c1-12-5-4-10-22-16(13(2)20-18(12)22)11-17(23)21-15-8-6-14(7-9-15)19(24)25-3/h4-10H,11H2,1-3H3,(H,21,23). The summed E-state index contributed by atoms with van der Waals surface area (Å²) in [6.45, 7) is 3.90. The van der Waals surface area contributed by atoms with Crippen LogP contribution >= 0.6 is 0 Å². The SMILES string of the molecule is COC(=O)c1ccc(NC(=O)Cc2c(C)nc3c(C)cccn23)cc1. The van der Waals surface area contributed by atoms with Crippen LogP contribution in [0.1, 0.15) is 27.3 Å². The molecule has 3 aromatic rings. The van der Waals surface area contributed by atoms with Crippen LogP contribution in [0.15, 0.2) is 42.6 Å². The molecule has 1 aromatic carbocycles. The average molecular weight is 337 g/mol. The van der Waals surface area contributed by atoms with Gasteiger partial charge in [0, 0.05) is 11.9 Å². The highest BCUT2D eigenvalue weighted by Crippen LogP contribution is 2.17. The number of pyridine rings is 1. The summed E-state index contributed by atoms with van der Waals surface area (Å²) >= 11 is 0. The summed E-state index contributed by atoms with van der Waals surface area (Å²) < 4.78 is 6.60. The Labute approximate surface area is 145 Å². The number of benzene rings is 1. The number of ether oxygens (including phenoxy) is 1. The first-order chi connectivity index (χ1) is 12.0. The molecule has 6 heteroatoms.